The number of carbonyl (C=O) groups is 2. The van der Waals surface area contributed by atoms with Crippen LogP contribution in [0.5, 0.6) is 11.5 Å². The van der Waals surface area contributed by atoms with Gasteiger partial charge in [-0.05, 0) is 24.1 Å². The highest BCUT2D eigenvalue weighted by atomic mass is 16.6. The molecule has 0 amide bonds. The van der Waals surface area contributed by atoms with E-state index >= 15 is 0 Å². The van der Waals surface area contributed by atoms with Crippen molar-refractivity contribution >= 4 is 11.9 Å². The van der Waals surface area contributed by atoms with E-state index in [-0.39, 0.29) is 5.75 Å². The minimum absolute atomic E-state index is 0.271. The van der Waals surface area contributed by atoms with Crippen LogP contribution in [-0.4, -0.2) is 11.9 Å². The van der Waals surface area contributed by atoms with E-state index in [4.69, 9.17) is 9.47 Å². The highest BCUT2D eigenvalue weighted by Gasteiger charge is 2.10. The molecule has 4 nitrogen and oxygen atoms in total. The van der Waals surface area contributed by atoms with Gasteiger partial charge in [0.1, 0.15) is 0 Å². The molecule has 1 rings (SSSR count). The van der Waals surface area contributed by atoms with Gasteiger partial charge in [-0.2, -0.15) is 0 Å². The minimum atomic E-state index is -0.443. The second-order valence-electron chi connectivity index (χ2n) is 3.72. The third kappa shape index (κ3) is 4.26. The standard InChI is InChI=1S/C13H16O4/c1-4-5-11-6-7-12(16-9(2)14)13(8-11)17-10(3)15/h6-8H,4-5H2,1-3H3. The van der Waals surface area contributed by atoms with Crippen molar-refractivity contribution in [3.05, 3.63) is 23.8 Å². The first-order valence-corrected chi connectivity index (χ1v) is 5.52. The number of hydrogen-bond acceptors (Lipinski definition) is 4. The lowest BCUT2D eigenvalue weighted by Gasteiger charge is -2.10. The van der Waals surface area contributed by atoms with E-state index < -0.39 is 11.9 Å². The molecule has 0 aliphatic rings. The van der Waals surface area contributed by atoms with Gasteiger partial charge in [0.2, 0.25) is 0 Å². The van der Waals surface area contributed by atoms with Crippen LogP contribution in [0.4, 0.5) is 0 Å². The summed E-state index contributed by atoms with van der Waals surface area (Å²) in [6, 6.07) is 5.22. The molecule has 0 unspecified atom stereocenters. The number of rotatable bonds is 4. The molecule has 0 aromatic heterocycles. The maximum atomic E-state index is 11.0. The summed E-state index contributed by atoms with van der Waals surface area (Å²) in [6.45, 7) is 4.67. The van der Waals surface area contributed by atoms with Gasteiger partial charge in [0.15, 0.2) is 11.5 Å². The Morgan fingerprint density at radius 3 is 2.18 bits per heavy atom. The Bertz CT molecular complexity index is 423. The maximum Gasteiger partial charge on any atom is 0.308 e. The van der Waals surface area contributed by atoms with Crippen molar-refractivity contribution in [2.24, 2.45) is 0 Å². The van der Waals surface area contributed by atoms with Gasteiger partial charge in [-0.15, -0.1) is 0 Å². The van der Waals surface area contributed by atoms with Gasteiger partial charge < -0.3 is 9.47 Å². The fraction of sp³-hybridized carbons (Fsp3) is 0.385. The Hall–Kier alpha value is -1.84. The number of carbonyl (C=O) groups excluding carboxylic acids is 2. The molecule has 4 heteroatoms. The van der Waals surface area contributed by atoms with E-state index in [9.17, 15) is 9.59 Å². The van der Waals surface area contributed by atoms with Crippen LogP contribution < -0.4 is 9.47 Å². The predicted molar refractivity (Wildman–Crippen MR) is 63.1 cm³/mol. The second-order valence-corrected chi connectivity index (χ2v) is 3.72. The summed E-state index contributed by atoms with van der Waals surface area (Å²) < 4.78 is 9.98. The zero-order valence-corrected chi connectivity index (χ0v) is 10.3. The Morgan fingerprint density at radius 2 is 1.65 bits per heavy atom. The third-order valence-electron chi connectivity index (χ3n) is 2.05. The molecule has 0 spiro atoms. The number of aryl methyl sites for hydroxylation is 1. The summed E-state index contributed by atoms with van der Waals surface area (Å²) in [6.07, 6.45) is 1.88. The largest absolute Gasteiger partial charge is 0.423 e. The van der Waals surface area contributed by atoms with Gasteiger partial charge in [0.25, 0.3) is 0 Å². The molecule has 1 aromatic carbocycles. The Kier molecular flexibility index (Phi) is 4.69. The smallest absolute Gasteiger partial charge is 0.308 e. The van der Waals surface area contributed by atoms with Crippen molar-refractivity contribution in [3.8, 4) is 11.5 Å². The van der Waals surface area contributed by atoms with Gasteiger partial charge in [-0.3, -0.25) is 9.59 Å². The Labute approximate surface area is 101 Å². The van der Waals surface area contributed by atoms with Crippen LogP contribution in [-0.2, 0) is 16.0 Å². The molecule has 0 atom stereocenters. The fourth-order valence-corrected chi connectivity index (χ4v) is 1.47. The van der Waals surface area contributed by atoms with E-state index in [1.807, 2.05) is 6.07 Å². The van der Waals surface area contributed by atoms with Crippen LogP contribution in [0.2, 0.25) is 0 Å². The monoisotopic (exact) mass is 236 g/mol. The molecule has 0 saturated heterocycles. The molecule has 0 radical (unpaired) electrons. The second kappa shape index (κ2) is 6.03. The lowest BCUT2D eigenvalue weighted by molar-refractivity contribution is -0.134. The van der Waals surface area contributed by atoms with Crippen LogP contribution in [0.25, 0.3) is 0 Å². The average molecular weight is 236 g/mol. The van der Waals surface area contributed by atoms with Crippen LogP contribution in [0.1, 0.15) is 32.8 Å². The first-order chi connectivity index (χ1) is 8.02. The number of ether oxygens (including phenoxy) is 2. The maximum absolute atomic E-state index is 11.0. The van der Waals surface area contributed by atoms with Gasteiger partial charge in [0, 0.05) is 13.8 Å². The van der Waals surface area contributed by atoms with Crippen LogP contribution in [0.3, 0.4) is 0 Å². The van der Waals surface area contributed by atoms with Crippen LogP contribution in [0.15, 0.2) is 18.2 Å². The number of esters is 2. The van der Waals surface area contributed by atoms with Crippen molar-refractivity contribution in [3.63, 3.8) is 0 Å². The van der Waals surface area contributed by atoms with Gasteiger partial charge in [-0.1, -0.05) is 19.4 Å². The van der Waals surface area contributed by atoms with Crippen molar-refractivity contribution in [2.75, 3.05) is 0 Å². The topological polar surface area (TPSA) is 52.6 Å². The molecule has 0 heterocycles. The molecule has 0 aliphatic carbocycles. The molecule has 0 saturated carbocycles. The molecule has 1 aromatic rings. The van der Waals surface area contributed by atoms with E-state index in [1.54, 1.807) is 12.1 Å². The summed E-state index contributed by atoms with van der Waals surface area (Å²) in [5.41, 5.74) is 1.04. The molecule has 0 aliphatic heterocycles. The van der Waals surface area contributed by atoms with Crippen molar-refractivity contribution < 1.29 is 19.1 Å². The summed E-state index contributed by atoms with van der Waals surface area (Å²) in [5, 5.41) is 0. The molecular formula is C13H16O4. The highest BCUT2D eigenvalue weighted by molar-refractivity contribution is 5.73. The lowest BCUT2D eigenvalue weighted by atomic mass is 10.1. The third-order valence-corrected chi connectivity index (χ3v) is 2.05. The summed E-state index contributed by atoms with van der Waals surface area (Å²) >= 11 is 0. The SMILES string of the molecule is CCCc1ccc(OC(C)=O)c(OC(C)=O)c1. The predicted octanol–water partition coefficient (Wildman–Crippen LogP) is 2.49. The molecule has 17 heavy (non-hydrogen) atoms. The molecular weight excluding hydrogens is 220 g/mol. The van der Waals surface area contributed by atoms with Gasteiger partial charge in [0.05, 0.1) is 0 Å². The lowest BCUT2D eigenvalue weighted by Crippen LogP contribution is -2.07. The Balaban J connectivity index is 3.02. The normalized spacial score (nSPS) is 9.82. The Morgan fingerprint density at radius 1 is 1.06 bits per heavy atom. The zero-order chi connectivity index (χ0) is 12.8. The average Bonchev–Trinajstić information content (AvgIpc) is 2.21. The fourth-order valence-electron chi connectivity index (χ4n) is 1.47. The molecule has 0 bridgehead atoms. The number of benzene rings is 1. The van der Waals surface area contributed by atoms with Crippen molar-refractivity contribution in [1.29, 1.82) is 0 Å². The zero-order valence-electron chi connectivity index (χ0n) is 10.3. The summed E-state index contributed by atoms with van der Waals surface area (Å²) in [4.78, 5) is 21.9. The van der Waals surface area contributed by atoms with E-state index in [1.165, 1.54) is 13.8 Å². The first-order valence-electron chi connectivity index (χ1n) is 5.52. The molecule has 0 fully saturated rings. The summed E-state index contributed by atoms with van der Waals surface area (Å²) in [5.74, 6) is -0.320. The molecule has 92 valence electrons. The van der Waals surface area contributed by atoms with Crippen LogP contribution in [0, 0.1) is 0 Å². The quantitative estimate of drug-likeness (QED) is 0.595. The van der Waals surface area contributed by atoms with E-state index in [0.717, 1.165) is 18.4 Å². The van der Waals surface area contributed by atoms with Crippen molar-refractivity contribution in [2.45, 2.75) is 33.6 Å². The highest BCUT2D eigenvalue weighted by Crippen LogP contribution is 2.29. The van der Waals surface area contributed by atoms with E-state index in [2.05, 4.69) is 6.92 Å². The van der Waals surface area contributed by atoms with Crippen molar-refractivity contribution in [1.82, 2.24) is 0 Å². The van der Waals surface area contributed by atoms with Gasteiger partial charge in [-0.25, -0.2) is 0 Å². The van der Waals surface area contributed by atoms with Crippen LogP contribution >= 0.6 is 0 Å². The summed E-state index contributed by atoms with van der Waals surface area (Å²) in [7, 11) is 0. The first kappa shape index (κ1) is 13.2. The van der Waals surface area contributed by atoms with Gasteiger partial charge >= 0.3 is 11.9 Å². The molecule has 0 N–H and O–H groups in total. The minimum Gasteiger partial charge on any atom is -0.423 e. The number of hydrogen-bond donors (Lipinski definition) is 0. The van der Waals surface area contributed by atoms with E-state index in [0.29, 0.717) is 5.75 Å².